The summed E-state index contributed by atoms with van der Waals surface area (Å²) < 4.78 is 14.8. The van der Waals surface area contributed by atoms with Crippen LogP contribution in [0.4, 0.5) is 0 Å². The van der Waals surface area contributed by atoms with E-state index in [4.69, 9.17) is 14.2 Å². The maximum absolute atomic E-state index is 12.2. The minimum atomic E-state index is -1.60. The maximum atomic E-state index is 12.2. The van der Waals surface area contributed by atoms with Crippen molar-refractivity contribution in [1.29, 1.82) is 0 Å². The molecule has 0 aliphatic carbocycles. The molecule has 0 aliphatic heterocycles. The van der Waals surface area contributed by atoms with Gasteiger partial charge >= 0.3 is 17.9 Å². The molecule has 0 saturated carbocycles. The van der Waals surface area contributed by atoms with E-state index in [-0.39, 0.29) is 32.7 Å². The lowest BCUT2D eigenvalue weighted by Gasteiger charge is -2.27. The van der Waals surface area contributed by atoms with E-state index in [1.807, 2.05) is 6.92 Å². The van der Waals surface area contributed by atoms with Gasteiger partial charge in [-0.15, -0.1) is 0 Å². The fourth-order valence-corrected chi connectivity index (χ4v) is 1.94. The first-order valence-electron chi connectivity index (χ1n) is 6.98. The predicted octanol–water partition coefficient (Wildman–Crippen LogP) is 1.85. The van der Waals surface area contributed by atoms with Gasteiger partial charge in [-0.05, 0) is 27.2 Å². The Balaban J connectivity index is 5.36. The van der Waals surface area contributed by atoms with E-state index >= 15 is 0 Å². The number of carbonyl (C=O) groups is 3. The molecule has 0 saturated heterocycles. The van der Waals surface area contributed by atoms with E-state index in [0.29, 0.717) is 6.42 Å². The highest BCUT2D eigenvalue weighted by molar-refractivity contribution is 6.03. The third-order valence-corrected chi connectivity index (χ3v) is 2.76. The predicted molar refractivity (Wildman–Crippen MR) is 71.9 cm³/mol. The van der Waals surface area contributed by atoms with Gasteiger partial charge in [0, 0.05) is 0 Å². The molecule has 6 nitrogen and oxygen atoms in total. The molecule has 0 N–H and O–H groups in total. The number of hydrogen-bond donors (Lipinski definition) is 0. The van der Waals surface area contributed by atoms with Crippen molar-refractivity contribution >= 4 is 17.9 Å². The van der Waals surface area contributed by atoms with Crippen LogP contribution in [-0.4, -0.2) is 37.7 Å². The second-order valence-electron chi connectivity index (χ2n) is 4.25. The Morgan fingerprint density at radius 2 is 1.25 bits per heavy atom. The molecule has 6 heteroatoms. The van der Waals surface area contributed by atoms with Gasteiger partial charge in [-0.25, -0.2) is 0 Å². The van der Waals surface area contributed by atoms with Crippen molar-refractivity contribution in [3.63, 3.8) is 0 Å². The lowest BCUT2D eigenvalue weighted by molar-refractivity contribution is -0.177. The summed E-state index contributed by atoms with van der Waals surface area (Å²) in [7, 11) is 0. The number of hydrogen-bond acceptors (Lipinski definition) is 6. The number of ether oxygens (including phenoxy) is 3. The molecule has 0 unspecified atom stereocenters. The lowest BCUT2D eigenvalue weighted by Crippen LogP contribution is -2.44. The SMILES string of the molecule is CCCC(CC(=O)OCC)(C(=O)OCC)C(=O)OCC. The minimum Gasteiger partial charge on any atom is -0.466 e. The molecular weight excluding hydrogens is 264 g/mol. The highest BCUT2D eigenvalue weighted by Crippen LogP contribution is 2.32. The highest BCUT2D eigenvalue weighted by atomic mass is 16.6. The number of rotatable bonds is 9. The first-order chi connectivity index (χ1) is 9.48. The molecule has 0 spiro atoms. The van der Waals surface area contributed by atoms with Crippen LogP contribution in [0.2, 0.25) is 0 Å². The third-order valence-electron chi connectivity index (χ3n) is 2.76. The molecule has 20 heavy (non-hydrogen) atoms. The molecule has 0 rings (SSSR count). The van der Waals surface area contributed by atoms with Crippen LogP contribution < -0.4 is 0 Å². The summed E-state index contributed by atoms with van der Waals surface area (Å²) in [4.78, 5) is 36.1. The molecule has 0 atom stereocenters. The maximum Gasteiger partial charge on any atom is 0.324 e. The molecule has 0 aliphatic rings. The molecular formula is C14H24O6. The van der Waals surface area contributed by atoms with Crippen LogP contribution in [0.15, 0.2) is 0 Å². The van der Waals surface area contributed by atoms with E-state index in [9.17, 15) is 14.4 Å². The first-order valence-corrected chi connectivity index (χ1v) is 6.98. The Hall–Kier alpha value is -1.59. The normalized spacial score (nSPS) is 10.8. The summed E-state index contributed by atoms with van der Waals surface area (Å²) in [5.41, 5.74) is -1.60. The van der Waals surface area contributed by atoms with E-state index in [0.717, 1.165) is 0 Å². The molecule has 0 bridgehead atoms. The fourth-order valence-electron chi connectivity index (χ4n) is 1.94. The molecule has 0 fully saturated rings. The van der Waals surface area contributed by atoms with Crippen molar-refractivity contribution in [1.82, 2.24) is 0 Å². The van der Waals surface area contributed by atoms with Crippen LogP contribution in [0, 0.1) is 5.41 Å². The van der Waals surface area contributed by atoms with Gasteiger partial charge in [0.05, 0.1) is 26.2 Å². The van der Waals surface area contributed by atoms with Crippen LogP contribution >= 0.6 is 0 Å². The molecule has 0 aromatic carbocycles. The molecule has 0 aromatic heterocycles. The monoisotopic (exact) mass is 288 g/mol. The van der Waals surface area contributed by atoms with Crippen molar-refractivity contribution in [2.24, 2.45) is 5.41 Å². The average Bonchev–Trinajstić information content (AvgIpc) is 2.38. The van der Waals surface area contributed by atoms with Crippen LogP contribution in [0.1, 0.15) is 47.0 Å². The van der Waals surface area contributed by atoms with Crippen LogP contribution in [0.5, 0.6) is 0 Å². The van der Waals surface area contributed by atoms with E-state index in [2.05, 4.69) is 0 Å². The van der Waals surface area contributed by atoms with E-state index in [1.54, 1.807) is 20.8 Å². The Morgan fingerprint density at radius 3 is 1.60 bits per heavy atom. The van der Waals surface area contributed by atoms with Gasteiger partial charge in [-0.1, -0.05) is 13.3 Å². The van der Waals surface area contributed by atoms with Gasteiger partial charge in [0.15, 0.2) is 5.41 Å². The first kappa shape index (κ1) is 18.4. The lowest BCUT2D eigenvalue weighted by atomic mass is 9.80. The quantitative estimate of drug-likeness (QED) is 0.366. The summed E-state index contributed by atoms with van der Waals surface area (Å²) in [6, 6.07) is 0. The zero-order valence-corrected chi connectivity index (χ0v) is 12.7. The zero-order valence-electron chi connectivity index (χ0n) is 12.7. The molecule has 0 heterocycles. The summed E-state index contributed by atoms with van der Waals surface area (Å²) in [6.45, 7) is 7.21. The summed E-state index contributed by atoms with van der Waals surface area (Å²) >= 11 is 0. The van der Waals surface area contributed by atoms with Gasteiger partial charge in [-0.3, -0.25) is 14.4 Å². The van der Waals surface area contributed by atoms with Crippen molar-refractivity contribution in [2.45, 2.75) is 47.0 Å². The summed E-state index contributed by atoms with van der Waals surface area (Å²) in [5.74, 6) is -2.07. The molecule has 0 radical (unpaired) electrons. The standard InChI is InChI=1S/C14H24O6/c1-5-9-14(12(16)19-7-3,13(17)20-8-4)10-11(15)18-6-2/h5-10H2,1-4H3. The Bertz CT molecular complexity index is 319. The van der Waals surface area contributed by atoms with Crippen molar-refractivity contribution < 1.29 is 28.6 Å². The topological polar surface area (TPSA) is 78.9 Å². The number of esters is 3. The number of carbonyl (C=O) groups excluding carboxylic acids is 3. The Labute approximate surface area is 119 Å². The van der Waals surface area contributed by atoms with Crippen LogP contribution in [0.25, 0.3) is 0 Å². The second kappa shape index (κ2) is 9.34. The van der Waals surface area contributed by atoms with Crippen molar-refractivity contribution in [3.05, 3.63) is 0 Å². The van der Waals surface area contributed by atoms with E-state index < -0.39 is 23.3 Å². The molecule has 116 valence electrons. The largest absolute Gasteiger partial charge is 0.466 e. The van der Waals surface area contributed by atoms with Crippen LogP contribution in [-0.2, 0) is 28.6 Å². The minimum absolute atomic E-state index is 0.131. The van der Waals surface area contributed by atoms with Gasteiger partial charge in [-0.2, -0.15) is 0 Å². The second-order valence-corrected chi connectivity index (χ2v) is 4.25. The third kappa shape index (κ3) is 4.83. The average molecular weight is 288 g/mol. The molecule has 0 aromatic rings. The smallest absolute Gasteiger partial charge is 0.324 e. The van der Waals surface area contributed by atoms with Gasteiger partial charge in [0.1, 0.15) is 0 Å². The summed E-state index contributed by atoms with van der Waals surface area (Å²) in [5, 5.41) is 0. The van der Waals surface area contributed by atoms with E-state index in [1.165, 1.54) is 0 Å². The van der Waals surface area contributed by atoms with Crippen molar-refractivity contribution in [2.75, 3.05) is 19.8 Å². The fraction of sp³-hybridized carbons (Fsp3) is 0.786. The summed E-state index contributed by atoms with van der Waals surface area (Å²) in [6.07, 6.45) is 0.368. The van der Waals surface area contributed by atoms with Gasteiger partial charge < -0.3 is 14.2 Å². The highest BCUT2D eigenvalue weighted by Gasteiger charge is 2.50. The van der Waals surface area contributed by atoms with Gasteiger partial charge in [0.25, 0.3) is 0 Å². The zero-order chi connectivity index (χ0) is 15.6. The Morgan fingerprint density at radius 1 is 0.800 bits per heavy atom. The van der Waals surface area contributed by atoms with Crippen LogP contribution in [0.3, 0.4) is 0 Å². The Kier molecular flexibility index (Phi) is 8.59. The van der Waals surface area contributed by atoms with Crippen molar-refractivity contribution in [3.8, 4) is 0 Å². The van der Waals surface area contributed by atoms with Gasteiger partial charge in [0.2, 0.25) is 0 Å². The molecule has 0 amide bonds.